The van der Waals surface area contributed by atoms with Gasteiger partial charge in [0.05, 0.1) is 12.0 Å². The van der Waals surface area contributed by atoms with E-state index in [0.29, 0.717) is 6.04 Å². The van der Waals surface area contributed by atoms with Crippen molar-refractivity contribution in [2.45, 2.75) is 56.4 Å². The molecule has 5 nitrogen and oxygen atoms in total. The molecule has 0 aromatic heterocycles. The van der Waals surface area contributed by atoms with Gasteiger partial charge in [-0.05, 0) is 61.9 Å². The number of ether oxygens (including phenoxy) is 1. The Labute approximate surface area is 197 Å². The van der Waals surface area contributed by atoms with Crippen LogP contribution in [-0.2, 0) is 16.6 Å². The number of carbonyl (C=O) groups is 1. The molecule has 1 aliphatic carbocycles. The molecule has 4 aliphatic rings. The molecule has 2 aromatic rings. The lowest BCUT2D eigenvalue weighted by atomic mass is 9.68. The number of carbonyl (C=O) groups excluding carboxylic acids is 1. The maximum absolute atomic E-state index is 13.0. The number of nitrogens with zero attached hydrogens (tertiary/aromatic N) is 2. The maximum atomic E-state index is 13.0. The van der Waals surface area contributed by atoms with Gasteiger partial charge in [0.25, 0.3) is 0 Å². The summed E-state index contributed by atoms with van der Waals surface area (Å²) in [5.41, 5.74) is 4.88. The summed E-state index contributed by atoms with van der Waals surface area (Å²) >= 11 is 0. The maximum Gasteiger partial charge on any atom is 0.235 e. The molecule has 1 N–H and O–H groups in total. The monoisotopic (exact) mass is 445 g/mol. The molecule has 1 fully saturated rings. The minimum absolute atomic E-state index is 0.245. The molecular formula is C28H35N3O2. The number of piperazine rings is 1. The highest BCUT2D eigenvalue weighted by Crippen LogP contribution is 2.49. The fraction of sp³-hybridized carbons (Fsp3) is 0.536. The molecular weight excluding hydrogens is 410 g/mol. The third-order valence-corrected chi connectivity index (χ3v) is 8.46. The first-order valence-electron chi connectivity index (χ1n) is 12.9. The Hall–Kier alpha value is -2.37. The minimum atomic E-state index is -0.265. The summed E-state index contributed by atoms with van der Waals surface area (Å²) in [6.07, 6.45) is 7.62. The molecule has 0 radical (unpaired) electrons. The highest BCUT2D eigenvalue weighted by atomic mass is 16.5. The first-order chi connectivity index (χ1) is 16.2. The SMILES string of the molecule is O=C1Nc2cccc3c2C1(CCCCN1CCN(C2CCOc4ccccc42)CC1)CCC3. The summed E-state index contributed by atoms with van der Waals surface area (Å²) in [5.74, 6) is 1.31. The van der Waals surface area contributed by atoms with Crippen LogP contribution in [0, 0.1) is 0 Å². The van der Waals surface area contributed by atoms with E-state index in [9.17, 15) is 4.79 Å². The van der Waals surface area contributed by atoms with Crippen LogP contribution < -0.4 is 10.1 Å². The van der Waals surface area contributed by atoms with Crippen LogP contribution >= 0.6 is 0 Å². The lowest BCUT2D eigenvalue weighted by molar-refractivity contribution is -0.121. The summed E-state index contributed by atoms with van der Waals surface area (Å²) in [6.45, 7) is 6.49. The Kier molecular flexibility index (Phi) is 5.63. The van der Waals surface area contributed by atoms with Crippen LogP contribution in [0.1, 0.15) is 61.3 Å². The standard InChI is InChI=1S/C28H35N3O2/c32-27-28(14-6-8-21-7-5-10-23(29-27)26(21)28)13-3-4-15-30-16-18-31(19-17-30)24-12-20-33-25-11-2-1-9-22(24)25/h1-2,5,7,9-11,24H,3-4,6,8,12-20H2,(H,29,32). The third kappa shape index (κ3) is 3.75. The predicted molar refractivity (Wildman–Crippen MR) is 131 cm³/mol. The first kappa shape index (κ1) is 21.2. The molecule has 6 rings (SSSR count). The molecule has 0 spiro atoms. The summed E-state index contributed by atoms with van der Waals surface area (Å²) in [7, 11) is 0. The highest BCUT2D eigenvalue weighted by Gasteiger charge is 2.48. The van der Waals surface area contributed by atoms with Crippen LogP contribution in [0.3, 0.4) is 0 Å². The van der Waals surface area contributed by atoms with Gasteiger partial charge in [-0.2, -0.15) is 0 Å². The zero-order valence-electron chi connectivity index (χ0n) is 19.5. The van der Waals surface area contributed by atoms with E-state index in [0.717, 1.165) is 89.3 Å². The van der Waals surface area contributed by atoms with Crippen LogP contribution in [0.4, 0.5) is 5.69 Å². The van der Waals surface area contributed by atoms with Crippen LogP contribution in [0.25, 0.3) is 0 Å². The van der Waals surface area contributed by atoms with Crippen molar-refractivity contribution in [2.24, 2.45) is 0 Å². The number of para-hydroxylation sites is 1. The molecule has 2 aromatic carbocycles. The number of rotatable bonds is 6. The average Bonchev–Trinajstić information content (AvgIpc) is 3.15. The second kappa shape index (κ2) is 8.77. The van der Waals surface area contributed by atoms with Crippen molar-refractivity contribution in [2.75, 3.05) is 44.6 Å². The Morgan fingerprint density at radius 2 is 1.91 bits per heavy atom. The van der Waals surface area contributed by atoms with Gasteiger partial charge in [-0.3, -0.25) is 9.69 Å². The molecule has 3 aliphatic heterocycles. The fourth-order valence-electron chi connectivity index (χ4n) is 6.78. The zero-order valence-corrected chi connectivity index (χ0v) is 19.5. The molecule has 1 amide bonds. The minimum Gasteiger partial charge on any atom is -0.493 e. The van der Waals surface area contributed by atoms with Crippen molar-refractivity contribution in [3.05, 3.63) is 59.2 Å². The molecule has 5 heteroatoms. The zero-order chi connectivity index (χ0) is 22.3. The van der Waals surface area contributed by atoms with Crippen LogP contribution in [-0.4, -0.2) is 55.0 Å². The third-order valence-electron chi connectivity index (χ3n) is 8.46. The number of anilines is 1. The molecule has 33 heavy (non-hydrogen) atoms. The number of unbranched alkanes of at least 4 members (excludes halogenated alkanes) is 1. The lowest BCUT2D eigenvalue weighted by Gasteiger charge is -2.41. The number of hydrogen-bond donors (Lipinski definition) is 1. The molecule has 2 atom stereocenters. The number of amides is 1. The first-order valence-corrected chi connectivity index (χ1v) is 12.9. The highest BCUT2D eigenvalue weighted by molar-refractivity contribution is 6.07. The largest absolute Gasteiger partial charge is 0.493 e. The van der Waals surface area contributed by atoms with E-state index < -0.39 is 0 Å². The van der Waals surface area contributed by atoms with Gasteiger partial charge in [-0.1, -0.05) is 36.8 Å². The van der Waals surface area contributed by atoms with Crippen molar-refractivity contribution in [3.8, 4) is 5.75 Å². The smallest absolute Gasteiger partial charge is 0.235 e. The van der Waals surface area contributed by atoms with E-state index in [-0.39, 0.29) is 11.3 Å². The number of aryl methyl sites for hydroxylation is 1. The van der Waals surface area contributed by atoms with E-state index in [1.54, 1.807) is 0 Å². The number of nitrogens with one attached hydrogen (secondary N) is 1. The van der Waals surface area contributed by atoms with Gasteiger partial charge < -0.3 is 15.0 Å². The van der Waals surface area contributed by atoms with Gasteiger partial charge in [-0.25, -0.2) is 0 Å². The van der Waals surface area contributed by atoms with Crippen LogP contribution in [0.5, 0.6) is 5.75 Å². The van der Waals surface area contributed by atoms with Gasteiger partial charge in [0.2, 0.25) is 5.91 Å². The molecule has 0 bridgehead atoms. The second-order valence-corrected chi connectivity index (χ2v) is 10.3. The van der Waals surface area contributed by atoms with Gasteiger partial charge in [0.1, 0.15) is 5.75 Å². The Morgan fingerprint density at radius 1 is 1.03 bits per heavy atom. The average molecular weight is 446 g/mol. The van der Waals surface area contributed by atoms with Gasteiger partial charge in [-0.15, -0.1) is 0 Å². The van der Waals surface area contributed by atoms with E-state index in [1.165, 1.54) is 23.1 Å². The van der Waals surface area contributed by atoms with Crippen LogP contribution in [0.15, 0.2) is 42.5 Å². The molecule has 2 unspecified atom stereocenters. The Bertz CT molecular complexity index is 1030. The summed E-state index contributed by atoms with van der Waals surface area (Å²) in [4.78, 5) is 18.3. The summed E-state index contributed by atoms with van der Waals surface area (Å²) in [5, 5.41) is 3.19. The molecule has 0 saturated carbocycles. The number of hydrogen-bond acceptors (Lipinski definition) is 4. The van der Waals surface area contributed by atoms with Gasteiger partial charge in [0.15, 0.2) is 0 Å². The van der Waals surface area contributed by atoms with E-state index in [1.807, 2.05) is 0 Å². The second-order valence-electron chi connectivity index (χ2n) is 10.3. The van der Waals surface area contributed by atoms with Crippen molar-refractivity contribution in [1.82, 2.24) is 9.80 Å². The summed E-state index contributed by atoms with van der Waals surface area (Å²) in [6, 6.07) is 15.4. The normalized spacial score (nSPS) is 26.9. The van der Waals surface area contributed by atoms with Gasteiger partial charge in [0, 0.05) is 49.9 Å². The molecule has 1 saturated heterocycles. The fourth-order valence-corrected chi connectivity index (χ4v) is 6.78. The Balaban J connectivity index is 1.01. The van der Waals surface area contributed by atoms with Gasteiger partial charge >= 0.3 is 0 Å². The predicted octanol–water partition coefficient (Wildman–Crippen LogP) is 4.52. The van der Waals surface area contributed by atoms with Crippen molar-refractivity contribution in [3.63, 3.8) is 0 Å². The van der Waals surface area contributed by atoms with Crippen molar-refractivity contribution >= 4 is 11.6 Å². The topological polar surface area (TPSA) is 44.8 Å². The molecule has 3 heterocycles. The van der Waals surface area contributed by atoms with Crippen molar-refractivity contribution < 1.29 is 9.53 Å². The summed E-state index contributed by atoms with van der Waals surface area (Å²) < 4.78 is 5.87. The quantitative estimate of drug-likeness (QED) is 0.664. The van der Waals surface area contributed by atoms with Crippen LogP contribution in [0.2, 0.25) is 0 Å². The van der Waals surface area contributed by atoms with Crippen molar-refractivity contribution in [1.29, 1.82) is 0 Å². The van der Waals surface area contributed by atoms with E-state index >= 15 is 0 Å². The number of benzene rings is 2. The lowest BCUT2D eigenvalue weighted by Crippen LogP contribution is -2.48. The Morgan fingerprint density at radius 3 is 2.82 bits per heavy atom. The molecule has 174 valence electrons. The van der Waals surface area contributed by atoms with E-state index in [2.05, 4.69) is 57.6 Å². The number of fused-ring (bicyclic) bond motifs is 1. The van der Waals surface area contributed by atoms with E-state index in [4.69, 9.17) is 4.74 Å².